The molecule has 0 aromatic carbocycles. The maximum absolute atomic E-state index is 11.4. The second kappa shape index (κ2) is 5.82. The van der Waals surface area contributed by atoms with Crippen molar-refractivity contribution in [1.29, 1.82) is 0 Å². The zero-order valence-electron chi connectivity index (χ0n) is 10.7. The highest BCUT2D eigenvalue weighted by molar-refractivity contribution is 5.89. The lowest BCUT2D eigenvalue weighted by Crippen LogP contribution is -2.42. The van der Waals surface area contributed by atoms with Crippen molar-refractivity contribution >= 4 is 5.97 Å². The van der Waals surface area contributed by atoms with Gasteiger partial charge in [-0.3, -0.25) is 0 Å². The molecule has 2 unspecified atom stereocenters. The normalized spacial score (nSPS) is 23.4. The molecule has 0 amide bonds. The lowest BCUT2D eigenvalue weighted by atomic mass is 10.0. The number of aromatic nitrogens is 1. The lowest BCUT2D eigenvalue weighted by molar-refractivity contribution is 0.0599. The molecule has 1 aromatic heterocycles. The average molecular weight is 250 g/mol. The SMILES string of the molecule is COC(=O)c1ccnc(OC2CCC(C)NC2)c1. The molecule has 1 aliphatic rings. The zero-order valence-corrected chi connectivity index (χ0v) is 10.7. The predicted molar refractivity (Wildman–Crippen MR) is 66.7 cm³/mol. The molecule has 98 valence electrons. The standard InChI is InChI=1S/C13H18N2O3/c1-9-3-4-11(8-15-9)18-12-7-10(5-6-14-12)13(16)17-2/h5-7,9,11,15H,3-4,8H2,1-2H3. The van der Waals surface area contributed by atoms with E-state index in [9.17, 15) is 4.79 Å². The fourth-order valence-corrected chi connectivity index (χ4v) is 1.96. The third kappa shape index (κ3) is 3.20. The second-order valence-electron chi connectivity index (χ2n) is 4.50. The topological polar surface area (TPSA) is 60.5 Å². The molecule has 2 heterocycles. The van der Waals surface area contributed by atoms with Crippen LogP contribution >= 0.6 is 0 Å². The van der Waals surface area contributed by atoms with Crippen molar-refractivity contribution in [2.75, 3.05) is 13.7 Å². The van der Waals surface area contributed by atoms with Crippen molar-refractivity contribution in [3.63, 3.8) is 0 Å². The predicted octanol–water partition coefficient (Wildman–Crippen LogP) is 1.39. The summed E-state index contributed by atoms with van der Waals surface area (Å²) in [5.41, 5.74) is 0.458. The Morgan fingerprint density at radius 1 is 1.50 bits per heavy atom. The van der Waals surface area contributed by atoms with Gasteiger partial charge in [-0.2, -0.15) is 0 Å². The van der Waals surface area contributed by atoms with Gasteiger partial charge in [0, 0.05) is 24.8 Å². The van der Waals surface area contributed by atoms with Crippen LogP contribution in [-0.2, 0) is 4.74 Å². The van der Waals surface area contributed by atoms with Gasteiger partial charge in [0.1, 0.15) is 6.10 Å². The number of ether oxygens (including phenoxy) is 2. The van der Waals surface area contributed by atoms with Crippen LogP contribution in [0.3, 0.4) is 0 Å². The highest BCUT2D eigenvalue weighted by Crippen LogP contribution is 2.16. The second-order valence-corrected chi connectivity index (χ2v) is 4.50. The van der Waals surface area contributed by atoms with Crippen LogP contribution < -0.4 is 10.1 Å². The molecule has 1 aliphatic heterocycles. The highest BCUT2D eigenvalue weighted by atomic mass is 16.5. The first-order chi connectivity index (χ1) is 8.69. The molecular formula is C13H18N2O3. The van der Waals surface area contributed by atoms with Gasteiger partial charge in [-0.15, -0.1) is 0 Å². The molecule has 0 saturated carbocycles. The van der Waals surface area contributed by atoms with Gasteiger partial charge in [0.15, 0.2) is 0 Å². The summed E-state index contributed by atoms with van der Waals surface area (Å²) in [6.45, 7) is 2.97. The summed E-state index contributed by atoms with van der Waals surface area (Å²) in [6.07, 6.45) is 3.75. The molecule has 5 nitrogen and oxygen atoms in total. The summed E-state index contributed by atoms with van der Waals surface area (Å²) in [7, 11) is 1.36. The Balaban J connectivity index is 1.99. The van der Waals surface area contributed by atoms with E-state index in [1.54, 1.807) is 18.3 Å². The number of piperidine rings is 1. The average Bonchev–Trinajstić information content (AvgIpc) is 2.41. The Morgan fingerprint density at radius 3 is 3.00 bits per heavy atom. The summed E-state index contributed by atoms with van der Waals surface area (Å²) in [5.74, 6) is 0.0943. The Bertz CT molecular complexity index is 414. The van der Waals surface area contributed by atoms with Crippen LogP contribution in [0, 0.1) is 0 Å². The van der Waals surface area contributed by atoms with Gasteiger partial charge in [-0.25, -0.2) is 9.78 Å². The van der Waals surface area contributed by atoms with E-state index in [0.717, 1.165) is 19.4 Å². The molecule has 0 spiro atoms. The van der Waals surface area contributed by atoms with E-state index in [-0.39, 0.29) is 12.1 Å². The molecule has 2 atom stereocenters. The number of nitrogens with one attached hydrogen (secondary N) is 1. The molecule has 1 saturated heterocycles. The van der Waals surface area contributed by atoms with E-state index in [0.29, 0.717) is 17.5 Å². The molecule has 2 rings (SSSR count). The van der Waals surface area contributed by atoms with Gasteiger partial charge < -0.3 is 14.8 Å². The maximum atomic E-state index is 11.4. The number of hydrogen-bond acceptors (Lipinski definition) is 5. The van der Waals surface area contributed by atoms with Crippen LogP contribution in [0.25, 0.3) is 0 Å². The first-order valence-corrected chi connectivity index (χ1v) is 6.13. The first kappa shape index (κ1) is 12.8. The van der Waals surface area contributed by atoms with E-state index in [1.807, 2.05) is 0 Å². The van der Waals surface area contributed by atoms with Gasteiger partial charge in [0.25, 0.3) is 0 Å². The number of carbonyl (C=O) groups excluding carboxylic acids is 1. The van der Waals surface area contributed by atoms with Crippen LogP contribution in [0.4, 0.5) is 0 Å². The number of hydrogen-bond donors (Lipinski definition) is 1. The van der Waals surface area contributed by atoms with Crippen molar-refractivity contribution < 1.29 is 14.3 Å². The minimum absolute atomic E-state index is 0.113. The van der Waals surface area contributed by atoms with Gasteiger partial charge in [-0.1, -0.05) is 0 Å². The molecule has 1 N–H and O–H groups in total. The molecule has 0 aliphatic carbocycles. The molecule has 0 bridgehead atoms. The summed E-state index contributed by atoms with van der Waals surface area (Å²) >= 11 is 0. The number of rotatable bonds is 3. The van der Waals surface area contributed by atoms with Crippen LogP contribution in [0.1, 0.15) is 30.1 Å². The third-order valence-corrected chi connectivity index (χ3v) is 3.06. The smallest absolute Gasteiger partial charge is 0.338 e. The molecule has 1 fully saturated rings. The molecule has 1 aromatic rings. The van der Waals surface area contributed by atoms with Crippen molar-refractivity contribution in [1.82, 2.24) is 10.3 Å². The van der Waals surface area contributed by atoms with Crippen LogP contribution in [0.15, 0.2) is 18.3 Å². The maximum Gasteiger partial charge on any atom is 0.338 e. The van der Waals surface area contributed by atoms with Crippen molar-refractivity contribution in [2.24, 2.45) is 0 Å². The van der Waals surface area contributed by atoms with Crippen LogP contribution in [0.2, 0.25) is 0 Å². The number of carbonyl (C=O) groups is 1. The number of methoxy groups -OCH3 is 1. The van der Waals surface area contributed by atoms with Crippen molar-refractivity contribution in [3.8, 4) is 5.88 Å². The fraction of sp³-hybridized carbons (Fsp3) is 0.538. The monoisotopic (exact) mass is 250 g/mol. The lowest BCUT2D eigenvalue weighted by Gasteiger charge is -2.27. The Morgan fingerprint density at radius 2 is 2.33 bits per heavy atom. The third-order valence-electron chi connectivity index (χ3n) is 3.06. The quantitative estimate of drug-likeness (QED) is 0.821. The van der Waals surface area contributed by atoms with E-state index in [2.05, 4.69) is 22.0 Å². The molecule has 18 heavy (non-hydrogen) atoms. The molecule has 5 heteroatoms. The van der Waals surface area contributed by atoms with Crippen LogP contribution in [-0.4, -0.2) is 36.8 Å². The number of pyridine rings is 1. The van der Waals surface area contributed by atoms with Gasteiger partial charge >= 0.3 is 5.97 Å². The molecular weight excluding hydrogens is 232 g/mol. The number of nitrogens with zero attached hydrogens (tertiary/aromatic N) is 1. The zero-order chi connectivity index (χ0) is 13.0. The minimum Gasteiger partial charge on any atom is -0.473 e. The van der Waals surface area contributed by atoms with Crippen molar-refractivity contribution in [2.45, 2.75) is 31.9 Å². The summed E-state index contributed by atoms with van der Waals surface area (Å²) in [6, 6.07) is 3.77. The fourth-order valence-electron chi connectivity index (χ4n) is 1.96. The Hall–Kier alpha value is -1.62. The summed E-state index contributed by atoms with van der Waals surface area (Å²) in [4.78, 5) is 15.5. The van der Waals surface area contributed by atoms with E-state index in [4.69, 9.17) is 4.74 Å². The van der Waals surface area contributed by atoms with Crippen molar-refractivity contribution in [3.05, 3.63) is 23.9 Å². The molecule has 0 radical (unpaired) electrons. The highest BCUT2D eigenvalue weighted by Gasteiger charge is 2.19. The van der Waals surface area contributed by atoms with Crippen LogP contribution in [0.5, 0.6) is 5.88 Å². The largest absolute Gasteiger partial charge is 0.473 e. The van der Waals surface area contributed by atoms with E-state index >= 15 is 0 Å². The summed E-state index contributed by atoms with van der Waals surface area (Å²) < 4.78 is 10.4. The first-order valence-electron chi connectivity index (χ1n) is 6.13. The summed E-state index contributed by atoms with van der Waals surface area (Å²) in [5, 5.41) is 3.36. The van der Waals surface area contributed by atoms with Gasteiger partial charge in [0.2, 0.25) is 5.88 Å². The van der Waals surface area contributed by atoms with Gasteiger partial charge in [-0.05, 0) is 25.8 Å². The van der Waals surface area contributed by atoms with Gasteiger partial charge in [0.05, 0.1) is 12.7 Å². The minimum atomic E-state index is -0.377. The number of esters is 1. The van der Waals surface area contributed by atoms with E-state index < -0.39 is 0 Å². The Labute approximate surface area is 107 Å². The van der Waals surface area contributed by atoms with E-state index in [1.165, 1.54) is 7.11 Å². The Kier molecular flexibility index (Phi) is 4.15.